The Morgan fingerprint density at radius 2 is 2.33 bits per heavy atom. The number of hydrogen-bond donors (Lipinski definition) is 2. The van der Waals surface area contributed by atoms with E-state index in [1.807, 2.05) is 25.1 Å². The molecule has 5 heteroatoms. The van der Waals surface area contributed by atoms with Crippen LogP contribution in [0.1, 0.15) is 18.4 Å². The third kappa shape index (κ3) is 3.10. The van der Waals surface area contributed by atoms with Crippen LogP contribution in [0.2, 0.25) is 0 Å². The van der Waals surface area contributed by atoms with E-state index in [0.717, 1.165) is 28.6 Å². The van der Waals surface area contributed by atoms with E-state index < -0.39 is 0 Å². The second kappa shape index (κ2) is 5.82. The van der Waals surface area contributed by atoms with E-state index in [1.54, 1.807) is 0 Å². The number of hydrogen-bond acceptors (Lipinski definition) is 3. The summed E-state index contributed by atoms with van der Waals surface area (Å²) in [5.74, 6) is -0.101. The summed E-state index contributed by atoms with van der Waals surface area (Å²) < 4.78 is 6.43. The summed E-state index contributed by atoms with van der Waals surface area (Å²) in [4.78, 5) is 12.0. The lowest BCUT2D eigenvalue weighted by atomic mass is 10.2. The molecule has 2 atom stereocenters. The monoisotopic (exact) mass is 312 g/mol. The van der Waals surface area contributed by atoms with Crippen molar-refractivity contribution in [3.8, 4) is 0 Å². The highest BCUT2D eigenvalue weighted by atomic mass is 79.9. The van der Waals surface area contributed by atoms with Crippen LogP contribution in [0.15, 0.2) is 22.7 Å². The first-order valence-electron chi connectivity index (χ1n) is 6.02. The summed E-state index contributed by atoms with van der Waals surface area (Å²) in [6.07, 6.45) is 1.22. The van der Waals surface area contributed by atoms with Crippen LogP contribution in [0, 0.1) is 6.92 Å². The molecular weight excluding hydrogens is 296 g/mol. The molecule has 1 aromatic rings. The van der Waals surface area contributed by atoms with Gasteiger partial charge in [0.25, 0.3) is 5.91 Å². The largest absolute Gasteiger partial charge is 0.364 e. The molecule has 0 spiro atoms. The molecule has 18 heavy (non-hydrogen) atoms. The molecule has 0 aliphatic carbocycles. The van der Waals surface area contributed by atoms with Gasteiger partial charge in [-0.15, -0.1) is 0 Å². The zero-order valence-corrected chi connectivity index (χ0v) is 11.9. The van der Waals surface area contributed by atoms with E-state index in [-0.39, 0.29) is 18.1 Å². The summed E-state index contributed by atoms with van der Waals surface area (Å²) in [7, 11) is 0. The Kier molecular flexibility index (Phi) is 4.37. The van der Waals surface area contributed by atoms with Crippen LogP contribution in [0.25, 0.3) is 0 Å². The van der Waals surface area contributed by atoms with Crippen molar-refractivity contribution < 1.29 is 9.53 Å². The van der Waals surface area contributed by atoms with Gasteiger partial charge in [0, 0.05) is 11.0 Å². The van der Waals surface area contributed by atoms with Gasteiger partial charge in [-0.05, 0) is 53.4 Å². The fourth-order valence-corrected chi connectivity index (χ4v) is 2.60. The van der Waals surface area contributed by atoms with Crippen LogP contribution >= 0.6 is 15.9 Å². The predicted molar refractivity (Wildman–Crippen MR) is 74.5 cm³/mol. The topological polar surface area (TPSA) is 64.4 Å². The second-order valence-electron chi connectivity index (χ2n) is 4.53. The molecule has 2 rings (SSSR count). The van der Waals surface area contributed by atoms with Crippen molar-refractivity contribution in [1.29, 1.82) is 0 Å². The number of nitrogens with two attached hydrogens (primary N) is 1. The molecule has 1 aliphatic rings. The Morgan fingerprint density at radius 3 is 2.94 bits per heavy atom. The van der Waals surface area contributed by atoms with Crippen LogP contribution in [-0.4, -0.2) is 24.7 Å². The minimum absolute atomic E-state index is 0.0159. The molecule has 2 unspecified atom stereocenters. The minimum atomic E-state index is -0.383. The average molecular weight is 313 g/mol. The minimum Gasteiger partial charge on any atom is -0.364 e. The standard InChI is InChI=1S/C13H17BrN2O2/c1-8-2-4-11(10(14)6-8)16-13(17)12-5-3-9(7-15)18-12/h2,4,6,9,12H,3,5,7,15H2,1H3,(H,16,17). The quantitative estimate of drug-likeness (QED) is 0.899. The molecule has 0 bridgehead atoms. The normalized spacial score (nSPS) is 23.1. The number of nitrogens with one attached hydrogen (secondary N) is 1. The highest BCUT2D eigenvalue weighted by molar-refractivity contribution is 9.10. The first-order valence-corrected chi connectivity index (χ1v) is 6.82. The van der Waals surface area contributed by atoms with Crippen molar-refractivity contribution in [3.05, 3.63) is 28.2 Å². The predicted octanol–water partition coefficient (Wildman–Crippen LogP) is 2.20. The number of rotatable bonds is 3. The number of ether oxygens (including phenoxy) is 1. The summed E-state index contributed by atoms with van der Waals surface area (Å²) in [6.45, 7) is 2.47. The number of aryl methyl sites for hydroxylation is 1. The van der Waals surface area contributed by atoms with Gasteiger partial charge in [0.05, 0.1) is 11.8 Å². The van der Waals surface area contributed by atoms with E-state index in [0.29, 0.717) is 6.54 Å². The molecule has 1 fully saturated rings. The lowest BCUT2D eigenvalue weighted by molar-refractivity contribution is -0.126. The van der Waals surface area contributed by atoms with Crippen molar-refractivity contribution in [2.24, 2.45) is 5.73 Å². The van der Waals surface area contributed by atoms with Gasteiger partial charge in [-0.25, -0.2) is 0 Å². The van der Waals surface area contributed by atoms with Gasteiger partial charge >= 0.3 is 0 Å². The Bertz CT molecular complexity index is 451. The van der Waals surface area contributed by atoms with Crippen molar-refractivity contribution >= 4 is 27.5 Å². The number of carbonyl (C=O) groups excluding carboxylic acids is 1. The van der Waals surface area contributed by atoms with E-state index in [2.05, 4.69) is 21.2 Å². The lowest BCUT2D eigenvalue weighted by Crippen LogP contribution is -2.29. The van der Waals surface area contributed by atoms with Crippen molar-refractivity contribution in [2.45, 2.75) is 32.0 Å². The van der Waals surface area contributed by atoms with E-state index >= 15 is 0 Å². The molecule has 0 radical (unpaired) electrons. The van der Waals surface area contributed by atoms with Crippen molar-refractivity contribution in [3.63, 3.8) is 0 Å². The Balaban J connectivity index is 1.99. The van der Waals surface area contributed by atoms with Crippen molar-refractivity contribution in [2.75, 3.05) is 11.9 Å². The van der Waals surface area contributed by atoms with Crippen LogP contribution in [0.4, 0.5) is 5.69 Å². The van der Waals surface area contributed by atoms with Gasteiger partial charge in [0.2, 0.25) is 0 Å². The number of anilines is 1. The highest BCUT2D eigenvalue weighted by Crippen LogP contribution is 2.25. The van der Waals surface area contributed by atoms with Gasteiger partial charge in [0.15, 0.2) is 0 Å². The second-order valence-corrected chi connectivity index (χ2v) is 5.39. The van der Waals surface area contributed by atoms with Crippen LogP contribution in [0.5, 0.6) is 0 Å². The molecule has 4 nitrogen and oxygen atoms in total. The maximum Gasteiger partial charge on any atom is 0.253 e. The molecule has 98 valence electrons. The molecule has 3 N–H and O–H groups in total. The summed E-state index contributed by atoms with van der Waals surface area (Å²) in [5.41, 5.74) is 7.43. The zero-order chi connectivity index (χ0) is 13.1. The van der Waals surface area contributed by atoms with Crippen LogP contribution in [0.3, 0.4) is 0 Å². The summed E-state index contributed by atoms with van der Waals surface area (Å²) in [6, 6.07) is 5.80. The smallest absolute Gasteiger partial charge is 0.253 e. The average Bonchev–Trinajstić information content (AvgIpc) is 2.81. The van der Waals surface area contributed by atoms with Gasteiger partial charge in [-0.1, -0.05) is 6.07 Å². The molecule has 0 saturated carbocycles. The van der Waals surface area contributed by atoms with Crippen molar-refractivity contribution in [1.82, 2.24) is 0 Å². The Labute approximate surface area is 115 Å². The number of amides is 1. The van der Waals surface area contributed by atoms with Gasteiger partial charge in [-0.2, -0.15) is 0 Å². The molecule has 1 amide bonds. The van der Waals surface area contributed by atoms with Crippen LogP contribution in [-0.2, 0) is 9.53 Å². The fourth-order valence-electron chi connectivity index (χ4n) is 2.01. The van der Waals surface area contributed by atoms with E-state index in [4.69, 9.17) is 10.5 Å². The highest BCUT2D eigenvalue weighted by Gasteiger charge is 2.29. The maximum atomic E-state index is 12.0. The number of benzene rings is 1. The SMILES string of the molecule is Cc1ccc(NC(=O)C2CCC(CN)O2)c(Br)c1. The number of halogens is 1. The molecule has 0 aromatic heterocycles. The molecule has 1 aliphatic heterocycles. The molecule has 1 heterocycles. The Hall–Kier alpha value is -0.910. The van der Waals surface area contributed by atoms with E-state index in [9.17, 15) is 4.79 Å². The third-order valence-corrected chi connectivity index (χ3v) is 3.70. The lowest BCUT2D eigenvalue weighted by Gasteiger charge is -2.13. The first kappa shape index (κ1) is 13.5. The van der Waals surface area contributed by atoms with Crippen LogP contribution < -0.4 is 11.1 Å². The maximum absolute atomic E-state index is 12.0. The molecule has 1 saturated heterocycles. The first-order chi connectivity index (χ1) is 8.60. The number of carbonyl (C=O) groups is 1. The summed E-state index contributed by atoms with van der Waals surface area (Å²) >= 11 is 3.43. The summed E-state index contributed by atoms with van der Waals surface area (Å²) in [5, 5.41) is 2.87. The molecule has 1 aromatic carbocycles. The third-order valence-electron chi connectivity index (χ3n) is 3.05. The van der Waals surface area contributed by atoms with Gasteiger partial charge < -0.3 is 15.8 Å². The fraction of sp³-hybridized carbons (Fsp3) is 0.462. The van der Waals surface area contributed by atoms with Gasteiger partial charge in [0.1, 0.15) is 6.10 Å². The van der Waals surface area contributed by atoms with Gasteiger partial charge in [-0.3, -0.25) is 4.79 Å². The van der Waals surface area contributed by atoms with E-state index in [1.165, 1.54) is 0 Å². The Morgan fingerprint density at radius 1 is 1.56 bits per heavy atom. The molecular formula is C13H17BrN2O2. The zero-order valence-electron chi connectivity index (χ0n) is 10.3.